The van der Waals surface area contributed by atoms with Gasteiger partial charge in [0.25, 0.3) is 0 Å². The summed E-state index contributed by atoms with van der Waals surface area (Å²) in [6.07, 6.45) is 0.857. The lowest BCUT2D eigenvalue weighted by molar-refractivity contribution is 0.192. The summed E-state index contributed by atoms with van der Waals surface area (Å²) in [5, 5.41) is 16.3. The molecule has 0 bridgehead atoms. The Kier molecular flexibility index (Phi) is 3.48. The highest BCUT2D eigenvalue weighted by atomic mass is 32.1. The summed E-state index contributed by atoms with van der Waals surface area (Å²) in [6.45, 7) is 0.241. The van der Waals surface area contributed by atoms with Crippen molar-refractivity contribution in [2.75, 3.05) is 11.9 Å². The van der Waals surface area contributed by atoms with Crippen LogP contribution in [0.2, 0.25) is 0 Å². The standard InChI is InChI=1S/C11H11FN2OS/c12-9-2-1-4-13-11(9)14-6-10(15)8-3-5-16-7-8/h1-5,7,10,15H,6H2,(H,13,14). The zero-order chi connectivity index (χ0) is 11.4. The highest BCUT2D eigenvalue weighted by Crippen LogP contribution is 2.17. The second-order valence-electron chi connectivity index (χ2n) is 3.29. The maximum absolute atomic E-state index is 13.2. The number of aliphatic hydroxyl groups is 1. The Morgan fingerprint density at radius 1 is 1.50 bits per heavy atom. The van der Waals surface area contributed by atoms with E-state index in [1.165, 1.54) is 29.7 Å². The summed E-state index contributed by atoms with van der Waals surface area (Å²) in [4.78, 5) is 3.84. The number of halogens is 1. The van der Waals surface area contributed by atoms with E-state index in [9.17, 15) is 9.50 Å². The molecule has 0 spiro atoms. The summed E-state index contributed by atoms with van der Waals surface area (Å²) in [5.74, 6) is -0.253. The Morgan fingerprint density at radius 3 is 3.06 bits per heavy atom. The molecule has 5 heteroatoms. The van der Waals surface area contributed by atoms with E-state index >= 15 is 0 Å². The van der Waals surface area contributed by atoms with Crippen LogP contribution in [0.25, 0.3) is 0 Å². The van der Waals surface area contributed by atoms with Gasteiger partial charge in [-0.1, -0.05) is 0 Å². The zero-order valence-electron chi connectivity index (χ0n) is 8.43. The van der Waals surface area contributed by atoms with Crippen molar-refractivity contribution >= 4 is 17.2 Å². The van der Waals surface area contributed by atoms with Gasteiger partial charge in [-0.15, -0.1) is 0 Å². The average molecular weight is 238 g/mol. The molecule has 2 heterocycles. The third-order valence-corrected chi connectivity index (χ3v) is 2.85. The lowest BCUT2D eigenvalue weighted by atomic mass is 10.2. The van der Waals surface area contributed by atoms with Crippen LogP contribution in [0, 0.1) is 5.82 Å². The minimum Gasteiger partial charge on any atom is -0.387 e. The number of thiophene rings is 1. The van der Waals surface area contributed by atoms with Crippen molar-refractivity contribution in [1.29, 1.82) is 0 Å². The molecule has 0 aliphatic rings. The average Bonchev–Trinajstić information content (AvgIpc) is 2.81. The van der Waals surface area contributed by atoms with Crippen molar-refractivity contribution in [2.45, 2.75) is 6.10 Å². The molecule has 0 saturated heterocycles. The maximum atomic E-state index is 13.2. The van der Waals surface area contributed by atoms with Gasteiger partial charge in [-0.3, -0.25) is 0 Å². The van der Waals surface area contributed by atoms with Crippen LogP contribution < -0.4 is 5.32 Å². The third-order valence-electron chi connectivity index (χ3n) is 2.15. The van der Waals surface area contributed by atoms with E-state index in [4.69, 9.17) is 0 Å². The molecule has 2 rings (SSSR count). The van der Waals surface area contributed by atoms with E-state index in [-0.39, 0.29) is 12.4 Å². The minimum absolute atomic E-state index is 0.164. The smallest absolute Gasteiger partial charge is 0.165 e. The summed E-state index contributed by atoms with van der Waals surface area (Å²) < 4.78 is 13.2. The Bertz CT molecular complexity index is 447. The first-order valence-corrected chi connectivity index (χ1v) is 5.76. The van der Waals surface area contributed by atoms with Gasteiger partial charge in [0, 0.05) is 12.7 Å². The maximum Gasteiger partial charge on any atom is 0.165 e. The molecule has 0 aliphatic carbocycles. The molecule has 0 saturated carbocycles. The molecular weight excluding hydrogens is 227 g/mol. The lowest BCUT2D eigenvalue weighted by Gasteiger charge is -2.11. The fourth-order valence-corrected chi connectivity index (χ4v) is 2.00. The van der Waals surface area contributed by atoms with Crippen LogP contribution >= 0.6 is 11.3 Å². The number of nitrogens with zero attached hydrogens (tertiary/aromatic N) is 1. The van der Waals surface area contributed by atoms with Gasteiger partial charge in [-0.2, -0.15) is 11.3 Å². The fourth-order valence-electron chi connectivity index (χ4n) is 1.29. The molecule has 1 unspecified atom stereocenters. The van der Waals surface area contributed by atoms with Gasteiger partial charge in [0.05, 0.1) is 6.10 Å². The normalized spacial score (nSPS) is 12.4. The second kappa shape index (κ2) is 5.05. The Labute approximate surface area is 96.6 Å². The molecule has 2 N–H and O–H groups in total. The zero-order valence-corrected chi connectivity index (χ0v) is 9.25. The van der Waals surface area contributed by atoms with Gasteiger partial charge in [-0.25, -0.2) is 9.37 Å². The molecule has 1 atom stereocenters. The van der Waals surface area contributed by atoms with Crippen LogP contribution in [0.5, 0.6) is 0 Å². The predicted molar refractivity (Wildman–Crippen MR) is 62.0 cm³/mol. The number of aliphatic hydroxyl groups excluding tert-OH is 1. The molecule has 3 nitrogen and oxygen atoms in total. The molecule has 0 radical (unpaired) electrons. The number of aromatic nitrogens is 1. The molecule has 16 heavy (non-hydrogen) atoms. The van der Waals surface area contributed by atoms with Crippen molar-refractivity contribution in [2.24, 2.45) is 0 Å². The third kappa shape index (κ3) is 2.56. The number of hydrogen-bond donors (Lipinski definition) is 2. The minimum atomic E-state index is -0.646. The topological polar surface area (TPSA) is 45.1 Å². The summed E-state index contributed by atoms with van der Waals surface area (Å²) >= 11 is 1.52. The van der Waals surface area contributed by atoms with Crippen LogP contribution in [-0.4, -0.2) is 16.6 Å². The first kappa shape index (κ1) is 11.0. The van der Waals surface area contributed by atoms with Crippen molar-refractivity contribution in [3.8, 4) is 0 Å². The summed E-state index contributed by atoms with van der Waals surface area (Å²) in [6, 6.07) is 4.69. The van der Waals surface area contributed by atoms with Crippen LogP contribution in [0.1, 0.15) is 11.7 Å². The molecule has 0 fully saturated rings. The molecular formula is C11H11FN2OS. The molecule has 2 aromatic rings. The van der Waals surface area contributed by atoms with E-state index in [0.29, 0.717) is 0 Å². The van der Waals surface area contributed by atoms with Gasteiger partial charge in [0.2, 0.25) is 0 Å². The quantitative estimate of drug-likeness (QED) is 0.859. The Morgan fingerprint density at radius 2 is 2.38 bits per heavy atom. The first-order chi connectivity index (χ1) is 7.77. The number of hydrogen-bond acceptors (Lipinski definition) is 4. The van der Waals surface area contributed by atoms with E-state index in [1.807, 2.05) is 16.8 Å². The van der Waals surface area contributed by atoms with Crippen molar-refractivity contribution in [1.82, 2.24) is 4.98 Å². The van der Waals surface area contributed by atoms with E-state index in [1.54, 1.807) is 0 Å². The van der Waals surface area contributed by atoms with Crippen molar-refractivity contribution in [3.63, 3.8) is 0 Å². The molecule has 0 aromatic carbocycles. The number of anilines is 1. The number of nitrogens with one attached hydrogen (secondary N) is 1. The van der Waals surface area contributed by atoms with Gasteiger partial charge in [0.15, 0.2) is 11.6 Å². The molecule has 2 aromatic heterocycles. The largest absolute Gasteiger partial charge is 0.387 e. The van der Waals surface area contributed by atoms with Crippen LogP contribution in [0.4, 0.5) is 10.2 Å². The van der Waals surface area contributed by atoms with Crippen molar-refractivity contribution < 1.29 is 9.50 Å². The first-order valence-electron chi connectivity index (χ1n) is 4.82. The number of pyridine rings is 1. The van der Waals surface area contributed by atoms with Crippen LogP contribution in [0.3, 0.4) is 0 Å². The fraction of sp³-hybridized carbons (Fsp3) is 0.182. The molecule has 84 valence electrons. The van der Waals surface area contributed by atoms with E-state index in [0.717, 1.165) is 5.56 Å². The molecule has 0 amide bonds. The van der Waals surface area contributed by atoms with Gasteiger partial charge in [0.1, 0.15) is 0 Å². The Balaban J connectivity index is 1.95. The van der Waals surface area contributed by atoms with Crippen molar-refractivity contribution in [3.05, 3.63) is 46.5 Å². The van der Waals surface area contributed by atoms with E-state index in [2.05, 4.69) is 10.3 Å². The lowest BCUT2D eigenvalue weighted by Crippen LogP contribution is -2.13. The van der Waals surface area contributed by atoms with Gasteiger partial charge >= 0.3 is 0 Å². The van der Waals surface area contributed by atoms with E-state index < -0.39 is 11.9 Å². The SMILES string of the molecule is OC(CNc1ncccc1F)c1ccsc1. The second-order valence-corrected chi connectivity index (χ2v) is 4.07. The van der Waals surface area contributed by atoms with Gasteiger partial charge < -0.3 is 10.4 Å². The molecule has 0 aliphatic heterocycles. The van der Waals surface area contributed by atoms with Crippen LogP contribution in [-0.2, 0) is 0 Å². The summed E-state index contributed by atoms with van der Waals surface area (Å²) in [5.41, 5.74) is 0.828. The van der Waals surface area contributed by atoms with Crippen LogP contribution in [0.15, 0.2) is 35.2 Å². The highest BCUT2D eigenvalue weighted by molar-refractivity contribution is 7.07. The van der Waals surface area contributed by atoms with Gasteiger partial charge in [-0.05, 0) is 34.5 Å². The monoisotopic (exact) mass is 238 g/mol. The highest BCUT2D eigenvalue weighted by Gasteiger charge is 2.09. The predicted octanol–water partition coefficient (Wildman–Crippen LogP) is 2.43. The number of rotatable bonds is 4. The Hall–Kier alpha value is -1.46. The summed E-state index contributed by atoms with van der Waals surface area (Å²) in [7, 11) is 0.